The van der Waals surface area contributed by atoms with Gasteiger partial charge in [0.25, 0.3) is 0 Å². The Balaban J connectivity index is 1.97. The molecule has 3 aromatic rings. The fourth-order valence-corrected chi connectivity index (χ4v) is 4.02. The number of Topliss-reactive ketones (excluding diaryl/α,β-unsaturated/α-hetero) is 1. The molecule has 104 valence electrons. The maximum Gasteiger partial charge on any atom is 0.182 e. The van der Waals surface area contributed by atoms with Crippen molar-refractivity contribution < 1.29 is 4.79 Å². The van der Waals surface area contributed by atoms with Gasteiger partial charge in [-0.1, -0.05) is 18.2 Å². The number of carbonyl (C=O) groups is 1. The molecule has 0 saturated carbocycles. The summed E-state index contributed by atoms with van der Waals surface area (Å²) in [5.41, 5.74) is 3.74. The monoisotopic (exact) mass is 294 g/mol. The predicted octanol–water partition coefficient (Wildman–Crippen LogP) is 4.19. The van der Waals surface area contributed by atoms with Crippen molar-refractivity contribution in [1.82, 2.24) is 9.97 Å². The Kier molecular flexibility index (Phi) is 2.86. The molecule has 1 aliphatic rings. The topological polar surface area (TPSA) is 42.9 Å². The predicted molar refractivity (Wildman–Crippen MR) is 84.9 cm³/mol. The van der Waals surface area contributed by atoms with Crippen molar-refractivity contribution >= 4 is 28.0 Å². The highest BCUT2D eigenvalue weighted by Crippen LogP contribution is 2.35. The highest BCUT2D eigenvalue weighted by Gasteiger charge is 2.23. The zero-order valence-corrected chi connectivity index (χ0v) is 12.5. The summed E-state index contributed by atoms with van der Waals surface area (Å²) >= 11 is 1.66. The van der Waals surface area contributed by atoms with E-state index in [1.54, 1.807) is 11.3 Å². The molecule has 0 amide bonds. The Hall–Kier alpha value is -2.07. The van der Waals surface area contributed by atoms with Crippen LogP contribution < -0.4 is 0 Å². The molecule has 1 aliphatic carbocycles. The Labute approximate surface area is 126 Å². The van der Waals surface area contributed by atoms with Gasteiger partial charge in [0.05, 0.1) is 5.52 Å². The molecule has 1 aromatic carbocycles. The van der Waals surface area contributed by atoms with E-state index in [1.165, 1.54) is 0 Å². The summed E-state index contributed by atoms with van der Waals surface area (Å²) in [5, 5.41) is 2.04. The molecule has 0 N–H and O–H groups in total. The zero-order chi connectivity index (χ0) is 14.4. The molecular weight excluding hydrogens is 280 g/mol. The van der Waals surface area contributed by atoms with Crippen LogP contribution in [0.15, 0.2) is 30.3 Å². The number of hydrogen-bond donors (Lipinski definition) is 0. The van der Waals surface area contributed by atoms with E-state index in [0.717, 1.165) is 44.9 Å². The number of para-hydroxylation sites is 1. The molecule has 0 unspecified atom stereocenters. The minimum absolute atomic E-state index is 0.189. The first-order valence-corrected chi connectivity index (χ1v) is 7.94. The Bertz CT molecular complexity index is 866. The molecule has 0 atom stereocenters. The van der Waals surface area contributed by atoms with Crippen LogP contribution in [0.2, 0.25) is 0 Å². The maximum atomic E-state index is 12.0. The molecule has 0 radical (unpaired) electrons. The Morgan fingerprint density at radius 3 is 2.86 bits per heavy atom. The van der Waals surface area contributed by atoms with E-state index < -0.39 is 0 Å². The van der Waals surface area contributed by atoms with Crippen molar-refractivity contribution in [1.29, 1.82) is 0 Å². The summed E-state index contributed by atoms with van der Waals surface area (Å²) in [7, 11) is 0. The van der Waals surface area contributed by atoms with Gasteiger partial charge in [0, 0.05) is 27.9 Å². The minimum atomic E-state index is 0.189. The van der Waals surface area contributed by atoms with Gasteiger partial charge >= 0.3 is 0 Å². The average Bonchev–Trinajstić information content (AvgIpc) is 2.92. The fourth-order valence-electron chi connectivity index (χ4n) is 2.87. The number of carbonyl (C=O) groups excluding carboxylic acids is 1. The summed E-state index contributed by atoms with van der Waals surface area (Å²) < 4.78 is 0. The number of fused-ring (bicyclic) bond motifs is 2. The molecule has 0 saturated heterocycles. The van der Waals surface area contributed by atoms with E-state index in [4.69, 9.17) is 0 Å². The summed E-state index contributed by atoms with van der Waals surface area (Å²) in [6.45, 7) is 1.99. The van der Waals surface area contributed by atoms with Gasteiger partial charge < -0.3 is 0 Å². The first-order chi connectivity index (χ1) is 10.2. The van der Waals surface area contributed by atoms with E-state index in [9.17, 15) is 4.79 Å². The number of pyridine rings is 1. The first kappa shape index (κ1) is 12.7. The molecular formula is C17H14N2OS. The van der Waals surface area contributed by atoms with Crippen molar-refractivity contribution in [2.24, 2.45) is 0 Å². The van der Waals surface area contributed by atoms with Gasteiger partial charge in [0.2, 0.25) is 0 Å². The van der Waals surface area contributed by atoms with Gasteiger partial charge in [-0.2, -0.15) is 0 Å². The van der Waals surface area contributed by atoms with Gasteiger partial charge in [-0.15, -0.1) is 11.3 Å². The zero-order valence-electron chi connectivity index (χ0n) is 11.7. The van der Waals surface area contributed by atoms with Crippen LogP contribution in [0.5, 0.6) is 0 Å². The second-order valence-corrected chi connectivity index (χ2v) is 6.48. The van der Waals surface area contributed by atoms with Crippen molar-refractivity contribution in [3.8, 4) is 10.6 Å². The van der Waals surface area contributed by atoms with Crippen LogP contribution in [0.1, 0.15) is 33.9 Å². The third-order valence-electron chi connectivity index (χ3n) is 3.84. The summed E-state index contributed by atoms with van der Waals surface area (Å²) in [5.74, 6) is 0.189. The maximum absolute atomic E-state index is 12.0. The number of nitrogens with zero attached hydrogens (tertiary/aromatic N) is 2. The van der Waals surface area contributed by atoms with Crippen LogP contribution >= 0.6 is 11.3 Å². The second-order valence-electron chi connectivity index (χ2n) is 5.40. The third-order valence-corrected chi connectivity index (χ3v) is 4.99. The fraction of sp³-hybridized carbons (Fsp3) is 0.235. The SMILES string of the molecule is Cc1cc(-c2nc3c(s2)CCCC3=O)c2ccccc2n1. The molecule has 2 aromatic heterocycles. The Morgan fingerprint density at radius 2 is 2.00 bits per heavy atom. The normalized spacial score (nSPS) is 14.4. The minimum Gasteiger partial charge on any atom is -0.292 e. The van der Waals surface area contributed by atoms with E-state index in [-0.39, 0.29) is 5.78 Å². The largest absolute Gasteiger partial charge is 0.292 e. The summed E-state index contributed by atoms with van der Waals surface area (Å²) in [6, 6.07) is 10.2. The lowest BCUT2D eigenvalue weighted by atomic mass is 10.0. The van der Waals surface area contributed by atoms with Gasteiger partial charge in [-0.05, 0) is 31.9 Å². The molecule has 4 heteroatoms. The van der Waals surface area contributed by atoms with Crippen LogP contribution in [0.3, 0.4) is 0 Å². The molecule has 0 fully saturated rings. The number of rotatable bonds is 1. The third kappa shape index (κ3) is 2.07. The van der Waals surface area contributed by atoms with E-state index in [2.05, 4.69) is 22.1 Å². The molecule has 2 heterocycles. The van der Waals surface area contributed by atoms with Gasteiger partial charge in [-0.25, -0.2) is 4.98 Å². The van der Waals surface area contributed by atoms with Crippen LogP contribution in [0.4, 0.5) is 0 Å². The van der Waals surface area contributed by atoms with Gasteiger partial charge in [0.15, 0.2) is 5.78 Å². The molecule has 0 bridgehead atoms. The van der Waals surface area contributed by atoms with Crippen LogP contribution in [0, 0.1) is 6.92 Å². The highest BCUT2D eigenvalue weighted by molar-refractivity contribution is 7.15. The Morgan fingerprint density at radius 1 is 1.14 bits per heavy atom. The number of hydrogen-bond acceptors (Lipinski definition) is 4. The average molecular weight is 294 g/mol. The number of aromatic nitrogens is 2. The molecule has 0 aliphatic heterocycles. The number of thiazole rings is 1. The summed E-state index contributed by atoms with van der Waals surface area (Å²) in [4.78, 5) is 22.3. The molecule has 4 rings (SSSR count). The van der Waals surface area contributed by atoms with E-state index in [1.807, 2.05) is 25.1 Å². The van der Waals surface area contributed by atoms with Crippen LogP contribution in [-0.2, 0) is 6.42 Å². The summed E-state index contributed by atoms with van der Waals surface area (Å²) in [6.07, 6.45) is 2.55. The van der Waals surface area contributed by atoms with E-state index in [0.29, 0.717) is 12.1 Å². The lowest BCUT2D eigenvalue weighted by molar-refractivity contribution is 0.0968. The smallest absolute Gasteiger partial charge is 0.182 e. The van der Waals surface area contributed by atoms with E-state index >= 15 is 0 Å². The standard InChI is InChI=1S/C17H14N2OS/c1-10-9-12(11-5-2-3-6-13(11)18-10)17-19-16-14(20)7-4-8-15(16)21-17/h2-3,5-6,9H,4,7-8H2,1H3. The number of benzene rings is 1. The molecule has 21 heavy (non-hydrogen) atoms. The lowest BCUT2D eigenvalue weighted by Gasteiger charge is -2.06. The van der Waals surface area contributed by atoms with Crippen LogP contribution in [0.25, 0.3) is 21.5 Å². The van der Waals surface area contributed by atoms with Gasteiger partial charge in [0.1, 0.15) is 10.7 Å². The molecule has 0 spiro atoms. The number of ketones is 1. The molecule has 3 nitrogen and oxygen atoms in total. The quantitative estimate of drug-likeness (QED) is 0.676. The first-order valence-electron chi connectivity index (χ1n) is 7.12. The highest BCUT2D eigenvalue weighted by atomic mass is 32.1. The van der Waals surface area contributed by atoms with Crippen molar-refractivity contribution in [3.63, 3.8) is 0 Å². The van der Waals surface area contributed by atoms with Crippen molar-refractivity contribution in [3.05, 3.63) is 46.6 Å². The second kappa shape index (κ2) is 4.74. The number of aryl methyl sites for hydroxylation is 2. The van der Waals surface area contributed by atoms with Crippen molar-refractivity contribution in [2.75, 3.05) is 0 Å². The van der Waals surface area contributed by atoms with Crippen molar-refractivity contribution in [2.45, 2.75) is 26.2 Å². The lowest BCUT2D eigenvalue weighted by Crippen LogP contribution is -2.08. The van der Waals surface area contributed by atoms with Crippen LogP contribution in [-0.4, -0.2) is 15.8 Å². The van der Waals surface area contributed by atoms with Gasteiger partial charge in [-0.3, -0.25) is 9.78 Å².